The number of nitrogens with one attached hydrogen (secondary N) is 2. The van der Waals surface area contributed by atoms with E-state index in [1.165, 1.54) is 18.2 Å². The van der Waals surface area contributed by atoms with Crippen molar-refractivity contribution in [2.24, 2.45) is 4.99 Å². The maximum atomic E-state index is 11.4. The number of rotatable bonds is 6. The van der Waals surface area contributed by atoms with Crippen LogP contribution < -0.4 is 10.6 Å². The van der Waals surface area contributed by atoms with Crippen LogP contribution in [0.25, 0.3) is 0 Å². The molecular weight excluding hydrogens is 314 g/mol. The molecule has 0 aliphatic heterocycles. The third kappa shape index (κ3) is 5.35. The van der Waals surface area contributed by atoms with Crippen LogP contribution in [0.2, 0.25) is 0 Å². The molecule has 0 unspecified atom stereocenters. The van der Waals surface area contributed by atoms with Crippen molar-refractivity contribution >= 4 is 11.9 Å². The highest BCUT2D eigenvalue weighted by Gasteiger charge is 2.05. The van der Waals surface area contributed by atoms with E-state index >= 15 is 0 Å². The summed E-state index contributed by atoms with van der Waals surface area (Å²) in [7, 11) is 3.13. The first kappa shape index (κ1) is 18.5. The van der Waals surface area contributed by atoms with Gasteiger partial charge in [0.25, 0.3) is 0 Å². The minimum Gasteiger partial charge on any atom is -0.465 e. The number of hydrogen-bond acceptors (Lipinski definition) is 3. The summed E-state index contributed by atoms with van der Waals surface area (Å²) in [6, 6.07) is 15.7. The van der Waals surface area contributed by atoms with E-state index in [0.29, 0.717) is 12.1 Å². The molecule has 0 aliphatic rings. The van der Waals surface area contributed by atoms with Crippen molar-refractivity contribution in [3.05, 3.63) is 70.8 Å². The van der Waals surface area contributed by atoms with E-state index in [1.807, 2.05) is 12.1 Å². The van der Waals surface area contributed by atoms with Gasteiger partial charge in [0.05, 0.1) is 12.7 Å². The number of aliphatic imine (C=N–C) groups is 1. The van der Waals surface area contributed by atoms with Gasteiger partial charge in [0.2, 0.25) is 0 Å². The van der Waals surface area contributed by atoms with Gasteiger partial charge in [-0.1, -0.05) is 43.3 Å². The van der Waals surface area contributed by atoms with Gasteiger partial charge >= 0.3 is 5.97 Å². The fourth-order valence-corrected chi connectivity index (χ4v) is 2.54. The van der Waals surface area contributed by atoms with E-state index in [1.54, 1.807) is 19.2 Å². The zero-order valence-corrected chi connectivity index (χ0v) is 15.0. The molecule has 0 bridgehead atoms. The number of aryl methyl sites for hydroxylation is 1. The zero-order chi connectivity index (χ0) is 18.1. The summed E-state index contributed by atoms with van der Waals surface area (Å²) in [6.07, 6.45) is 1.01. The smallest absolute Gasteiger partial charge is 0.337 e. The minimum atomic E-state index is -0.327. The number of benzene rings is 2. The highest BCUT2D eigenvalue weighted by molar-refractivity contribution is 5.89. The molecule has 0 saturated carbocycles. The summed E-state index contributed by atoms with van der Waals surface area (Å²) in [5.74, 6) is 0.412. The van der Waals surface area contributed by atoms with Gasteiger partial charge in [-0.3, -0.25) is 4.99 Å². The third-order valence-corrected chi connectivity index (χ3v) is 4.00. The van der Waals surface area contributed by atoms with Crippen LogP contribution in [0, 0.1) is 0 Å². The Morgan fingerprint density at radius 3 is 2.24 bits per heavy atom. The highest BCUT2D eigenvalue weighted by Crippen LogP contribution is 2.09. The summed E-state index contributed by atoms with van der Waals surface area (Å²) in [4.78, 5) is 15.7. The zero-order valence-electron chi connectivity index (χ0n) is 15.0. The SMILES string of the molecule is CCc1ccccc1CNC(=NC)NCc1ccc(C(=O)OC)cc1. The van der Waals surface area contributed by atoms with Crippen LogP contribution in [0.15, 0.2) is 53.5 Å². The number of guanidine groups is 1. The van der Waals surface area contributed by atoms with Gasteiger partial charge < -0.3 is 15.4 Å². The standard InChI is InChI=1S/C20H25N3O2/c1-4-16-7-5-6-8-18(16)14-23-20(21-2)22-13-15-9-11-17(12-10-15)19(24)25-3/h5-12H,4,13-14H2,1-3H3,(H2,21,22,23). The maximum absolute atomic E-state index is 11.4. The molecule has 0 heterocycles. The average Bonchev–Trinajstić information content (AvgIpc) is 2.68. The molecule has 0 aromatic heterocycles. The lowest BCUT2D eigenvalue weighted by atomic mass is 10.1. The van der Waals surface area contributed by atoms with E-state index in [2.05, 4.69) is 46.8 Å². The van der Waals surface area contributed by atoms with Crippen molar-refractivity contribution in [3.8, 4) is 0 Å². The largest absolute Gasteiger partial charge is 0.465 e. The van der Waals surface area contributed by atoms with Crippen molar-refractivity contribution < 1.29 is 9.53 Å². The molecule has 0 aliphatic carbocycles. The Morgan fingerprint density at radius 2 is 1.64 bits per heavy atom. The number of hydrogen-bond donors (Lipinski definition) is 2. The Hall–Kier alpha value is -2.82. The third-order valence-electron chi connectivity index (χ3n) is 4.00. The van der Waals surface area contributed by atoms with Gasteiger partial charge in [0.15, 0.2) is 5.96 Å². The predicted molar refractivity (Wildman–Crippen MR) is 101 cm³/mol. The van der Waals surface area contributed by atoms with Gasteiger partial charge in [-0.25, -0.2) is 4.79 Å². The summed E-state index contributed by atoms with van der Waals surface area (Å²) >= 11 is 0. The minimum absolute atomic E-state index is 0.327. The predicted octanol–water partition coefficient (Wildman–Crippen LogP) is 2.90. The van der Waals surface area contributed by atoms with Gasteiger partial charge in [0, 0.05) is 20.1 Å². The Kier molecular flexibility index (Phi) is 7.01. The van der Waals surface area contributed by atoms with E-state index in [0.717, 1.165) is 24.5 Å². The van der Waals surface area contributed by atoms with Crippen molar-refractivity contribution in [1.82, 2.24) is 10.6 Å². The summed E-state index contributed by atoms with van der Waals surface area (Å²) in [5, 5.41) is 6.61. The number of methoxy groups -OCH3 is 1. The lowest BCUT2D eigenvalue weighted by Gasteiger charge is -2.14. The van der Waals surface area contributed by atoms with Gasteiger partial charge in [-0.05, 0) is 35.2 Å². The van der Waals surface area contributed by atoms with Crippen molar-refractivity contribution in [1.29, 1.82) is 0 Å². The number of carbonyl (C=O) groups excluding carboxylic acids is 1. The van der Waals surface area contributed by atoms with Crippen LogP contribution >= 0.6 is 0 Å². The molecule has 25 heavy (non-hydrogen) atoms. The number of ether oxygens (including phenoxy) is 1. The first-order chi connectivity index (χ1) is 12.2. The molecule has 2 aromatic rings. The number of esters is 1. The molecule has 132 valence electrons. The van der Waals surface area contributed by atoms with Gasteiger partial charge in [0.1, 0.15) is 0 Å². The van der Waals surface area contributed by atoms with Crippen LogP contribution in [0.1, 0.15) is 34.0 Å². The van der Waals surface area contributed by atoms with E-state index in [9.17, 15) is 4.79 Å². The summed E-state index contributed by atoms with van der Waals surface area (Å²) in [6.45, 7) is 3.51. The number of nitrogens with zero attached hydrogens (tertiary/aromatic N) is 1. The molecule has 5 nitrogen and oxygen atoms in total. The molecule has 0 fully saturated rings. The fraction of sp³-hybridized carbons (Fsp3) is 0.300. The molecule has 2 aromatic carbocycles. The van der Waals surface area contributed by atoms with Crippen molar-refractivity contribution in [2.45, 2.75) is 26.4 Å². The quantitative estimate of drug-likeness (QED) is 0.483. The topological polar surface area (TPSA) is 62.7 Å². The Bertz CT molecular complexity index is 724. The second kappa shape index (κ2) is 9.47. The van der Waals surface area contributed by atoms with Crippen molar-refractivity contribution in [2.75, 3.05) is 14.2 Å². The normalized spacial score (nSPS) is 11.1. The van der Waals surface area contributed by atoms with E-state index in [4.69, 9.17) is 4.74 Å². The molecule has 2 rings (SSSR count). The van der Waals surface area contributed by atoms with Crippen LogP contribution in [-0.2, 0) is 24.2 Å². The van der Waals surface area contributed by atoms with Crippen LogP contribution in [-0.4, -0.2) is 26.1 Å². The lowest BCUT2D eigenvalue weighted by molar-refractivity contribution is 0.0600. The first-order valence-electron chi connectivity index (χ1n) is 8.36. The Balaban J connectivity index is 1.89. The summed E-state index contributed by atoms with van der Waals surface area (Å²) < 4.78 is 4.70. The highest BCUT2D eigenvalue weighted by atomic mass is 16.5. The van der Waals surface area contributed by atoms with Crippen LogP contribution in [0.3, 0.4) is 0 Å². The second-order valence-corrected chi connectivity index (χ2v) is 5.59. The Labute approximate surface area is 149 Å². The Morgan fingerprint density at radius 1 is 1.00 bits per heavy atom. The van der Waals surface area contributed by atoms with Crippen LogP contribution in [0.5, 0.6) is 0 Å². The summed E-state index contributed by atoms with van der Waals surface area (Å²) in [5.41, 5.74) is 4.22. The maximum Gasteiger partial charge on any atom is 0.337 e. The van der Waals surface area contributed by atoms with E-state index in [-0.39, 0.29) is 5.97 Å². The molecule has 0 spiro atoms. The molecule has 0 saturated heterocycles. The molecular formula is C20H25N3O2. The molecule has 2 N–H and O–H groups in total. The number of carbonyl (C=O) groups is 1. The monoisotopic (exact) mass is 339 g/mol. The first-order valence-corrected chi connectivity index (χ1v) is 8.36. The molecule has 0 amide bonds. The van der Waals surface area contributed by atoms with Gasteiger partial charge in [-0.2, -0.15) is 0 Å². The average molecular weight is 339 g/mol. The second-order valence-electron chi connectivity index (χ2n) is 5.59. The van der Waals surface area contributed by atoms with Gasteiger partial charge in [-0.15, -0.1) is 0 Å². The fourth-order valence-electron chi connectivity index (χ4n) is 2.54. The molecule has 5 heteroatoms. The lowest BCUT2D eigenvalue weighted by Crippen LogP contribution is -2.36. The van der Waals surface area contributed by atoms with E-state index < -0.39 is 0 Å². The molecule has 0 atom stereocenters. The van der Waals surface area contributed by atoms with Crippen molar-refractivity contribution in [3.63, 3.8) is 0 Å². The van der Waals surface area contributed by atoms with Crippen LogP contribution in [0.4, 0.5) is 0 Å². The molecule has 0 radical (unpaired) electrons.